The molecule has 2 heterocycles. The lowest BCUT2D eigenvalue weighted by atomic mass is 9.86. The van der Waals surface area contributed by atoms with Crippen molar-refractivity contribution >= 4 is 11.8 Å². The van der Waals surface area contributed by atoms with Crippen molar-refractivity contribution in [3.8, 4) is 0 Å². The molecule has 2 aliphatic heterocycles. The summed E-state index contributed by atoms with van der Waals surface area (Å²) in [6.45, 7) is 4.61. The Balaban J connectivity index is 1.22. The molecule has 4 rings (SSSR count). The number of rotatable bonds is 5. The molecule has 0 unspecified atom stereocenters. The van der Waals surface area contributed by atoms with Crippen molar-refractivity contribution in [1.82, 2.24) is 9.80 Å². The first-order valence-electron chi connectivity index (χ1n) is 12.3. The van der Waals surface area contributed by atoms with Gasteiger partial charge in [0.1, 0.15) is 5.60 Å². The van der Waals surface area contributed by atoms with E-state index in [9.17, 15) is 14.7 Å². The van der Waals surface area contributed by atoms with Crippen LogP contribution in [0.5, 0.6) is 0 Å². The van der Waals surface area contributed by atoms with Crippen LogP contribution in [-0.4, -0.2) is 52.9 Å². The van der Waals surface area contributed by atoms with Crippen molar-refractivity contribution < 1.29 is 14.7 Å². The summed E-state index contributed by atoms with van der Waals surface area (Å²) in [5.41, 5.74) is 1.14. The molecule has 1 saturated carbocycles. The first kappa shape index (κ1) is 22.3. The van der Waals surface area contributed by atoms with Crippen LogP contribution in [-0.2, 0) is 15.2 Å². The number of aliphatic hydroxyl groups is 1. The van der Waals surface area contributed by atoms with E-state index in [2.05, 4.69) is 0 Å². The summed E-state index contributed by atoms with van der Waals surface area (Å²) in [5.74, 6) is 1.40. The van der Waals surface area contributed by atoms with Crippen LogP contribution in [0.2, 0.25) is 0 Å². The minimum atomic E-state index is -0.932. The van der Waals surface area contributed by atoms with Crippen LogP contribution in [0.1, 0.15) is 75.3 Å². The Labute approximate surface area is 186 Å². The highest BCUT2D eigenvalue weighted by Crippen LogP contribution is 2.33. The monoisotopic (exact) mass is 426 g/mol. The maximum atomic E-state index is 12.9. The third-order valence-electron chi connectivity index (χ3n) is 7.81. The third kappa shape index (κ3) is 5.49. The predicted octanol–water partition coefficient (Wildman–Crippen LogP) is 4.01. The Hall–Kier alpha value is -1.88. The van der Waals surface area contributed by atoms with Crippen LogP contribution in [0.3, 0.4) is 0 Å². The normalized spacial score (nSPS) is 25.7. The van der Waals surface area contributed by atoms with Crippen molar-refractivity contribution in [2.75, 3.05) is 26.2 Å². The molecular weight excluding hydrogens is 388 g/mol. The number of nitrogens with zero attached hydrogens (tertiary/aromatic N) is 2. The molecule has 2 amide bonds. The summed E-state index contributed by atoms with van der Waals surface area (Å²) in [6, 6.07) is 7.98. The fourth-order valence-electron chi connectivity index (χ4n) is 5.64. The molecule has 1 aromatic carbocycles. The van der Waals surface area contributed by atoms with Gasteiger partial charge in [0.15, 0.2) is 0 Å². The Bertz CT molecular complexity index is 763. The van der Waals surface area contributed by atoms with Crippen molar-refractivity contribution in [3.05, 3.63) is 35.4 Å². The van der Waals surface area contributed by atoms with E-state index in [1.807, 2.05) is 41.0 Å². The number of amides is 2. The first-order valence-corrected chi connectivity index (χ1v) is 12.3. The van der Waals surface area contributed by atoms with Gasteiger partial charge >= 0.3 is 0 Å². The fraction of sp³-hybridized carbons (Fsp3) is 0.692. The third-order valence-corrected chi connectivity index (χ3v) is 7.81. The quantitative estimate of drug-likeness (QED) is 0.774. The molecule has 0 spiro atoms. The van der Waals surface area contributed by atoms with Crippen LogP contribution in [0, 0.1) is 18.8 Å². The molecule has 3 fully saturated rings. The van der Waals surface area contributed by atoms with E-state index in [4.69, 9.17) is 0 Å². The van der Waals surface area contributed by atoms with Crippen LogP contribution in [0.25, 0.3) is 0 Å². The van der Waals surface area contributed by atoms with E-state index < -0.39 is 5.60 Å². The smallest absolute Gasteiger partial charge is 0.222 e. The highest BCUT2D eigenvalue weighted by Gasteiger charge is 2.40. The Morgan fingerprint density at radius 2 is 1.45 bits per heavy atom. The predicted molar refractivity (Wildman–Crippen MR) is 121 cm³/mol. The van der Waals surface area contributed by atoms with Gasteiger partial charge in [0.2, 0.25) is 11.8 Å². The summed E-state index contributed by atoms with van der Waals surface area (Å²) in [7, 11) is 0. The highest BCUT2D eigenvalue weighted by molar-refractivity contribution is 5.78. The van der Waals surface area contributed by atoms with Gasteiger partial charge in [0.25, 0.3) is 0 Å². The molecule has 5 heteroatoms. The van der Waals surface area contributed by atoms with Crippen molar-refractivity contribution in [3.63, 3.8) is 0 Å². The molecule has 1 aliphatic carbocycles. The zero-order valence-electron chi connectivity index (χ0n) is 19.0. The minimum absolute atomic E-state index is 0.148. The Morgan fingerprint density at radius 1 is 0.871 bits per heavy atom. The SMILES string of the molecule is Cc1ccc([C@@]2(O)CCN(C(=O)CC3CCN(C(=O)CC4CCCCC4)CC3)C2)cc1. The van der Waals surface area contributed by atoms with Crippen LogP contribution >= 0.6 is 0 Å². The lowest BCUT2D eigenvalue weighted by Gasteiger charge is -2.34. The number of hydrogen-bond donors (Lipinski definition) is 1. The van der Waals surface area contributed by atoms with Gasteiger partial charge in [-0.05, 0) is 56.4 Å². The molecule has 0 radical (unpaired) electrons. The van der Waals surface area contributed by atoms with Crippen molar-refractivity contribution in [2.24, 2.45) is 11.8 Å². The molecule has 2 saturated heterocycles. The van der Waals surface area contributed by atoms with Crippen LogP contribution in [0.15, 0.2) is 24.3 Å². The van der Waals surface area contributed by atoms with Crippen LogP contribution in [0.4, 0.5) is 0 Å². The van der Waals surface area contributed by atoms with E-state index in [0.717, 1.165) is 37.9 Å². The second-order valence-corrected chi connectivity index (χ2v) is 10.2. The summed E-state index contributed by atoms with van der Waals surface area (Å²) in [6.07, 6.45) is 9.97. The Morgan fingerprint density at radius 3 is 2.10 bits per heavy atom. The second-order valence-electron chi connectivity index (χ2n) is 10.2. The lowest BCUT2D eigenvalue weighted by Crippen LogP contribution is -2.41. The average molecular weight is 427 g/mol. The summed E-state index contributed by atoms with van der Waals surface area (Å²) in [4.78, 5) is 29.4. The van der Waals surface area contributed by atoms with Gasteiger partial charge in [-0.15, -0.1) is 0 Å². The topological polar surface area (TPSA) is 60.9 Å². The lowest BCUT2D eigenvalue weighted by molar-refractivity contribution is -0.135. The van der Waals surface area contributed by atoms with Gasteiger partial charge in [0.05, 0.1) is 6.54 Å². The zero-order valence-corrected chi connectivity index (χ0v) is 19.0. The van der Waals surface area contributed by atoms with Gasteiger partial charge < -0.3 is 14.9 Å². The number of carbonyl (C=O) groups excluding carboxylic acids is 2. The number of likely N-dealkylation sites (tertiary alicyclic amines) is 2. The summed E-state index contributed by atoms with van der Waals surface area (Å²) < 4.78 is 0. The molecule has 0 aromatic heterocycles. The van der Waals surface area contributed by atoms with Gasteiger partial charge in [0, 0.05) is 32.5 Å². The minimum Gasteiger partial charge on any atom is -0.383 e. The molecule has 1 atom stereocenters. The van der Waals surface area contributed by atoms with Gasteiger partial charge in [-0.3, -0.25) is 9.59 Å². The number of carbonyl (C=O) groups is 2. The van der Waals surface area contributed by atoms with Gasteiger partial charge in [-0.1, -0.05) is 49.1 Å². The molecule has 0 bridgehead atoms. The largest absolute Gasteiger partial charge is 0.383 e. The zero-order chi connectivity index (χ0) is 21.8. The molecule has 1 N–H and O–H groups in total. The van der Waals surface area contributed by atoms with Gasteiger partial charge in [-0.2, -0.15) is 0 Å². The standard InChI is InChI=1S/C26H38N2O3/c1-20-7-9-23(10-8-20)26(31)13-16-28(19-26)25(30)18-22-11-14-27(15-12-22)24(29)17-21-5-3-2-4-6-21/h7-10,21-22,31H,2-6,11-19H2,1H3/t26-/m1/s1. The maximum Gasteiger partial charge on any atom is 0.222 e. The molecule has 170 valence electrons. The van der Waals surface area contributed by atoms with Gasteiger partial charge in [-0.25, -0.2) is 0 Å². The second kappa shape index (κ2) is 9.72. The van der Waals surface area contributed by atoms with E-state index in [0.29, 0.717) is 43.7 Å². The number of hydrogen-bond acceptors (Lipinski definition) is 3. The average Bonchev–Trinajstić information content (AvgIpc) is 3.19. The molecule has 1 aromatic rings. The van der Waals surface area contributed by atoms with E-state index in [1.54, 1.807) is 0 Å². The van der Waals surface area contributed by atoms with E-state index >= 15 is 0 Å². The molecule has 31 heavy (non-hydrogen) atoms. The summed E-state index contributed by atoms with van der Waals surface area (Å²) >= 11 is 0. The van der Waals surface area contributed by atoms with Crippen molar-refractivity contribution in [1.29, 1.82) is 0 Å². The fourth-order valence-corrected chi connectivity index (χ4v) is 5.64. The molecule has 3 aliphatic rings. The number of piperidine rings is 1. The molecule has 5 nitrogen and oxygen atoms in total. The number of aryl methyl sites for hydroxylation is 1. The van der Waals surface area contributed by atoms with E-state index in [1.165, 1.54) is 37.7 Å². The Kier molecular flexibility index (Phi) is 7.00. The van der Waals surface area contributed by atoms with Crippen LogP contribution < -0.4 is 0 Å². The number of benzene rings is 1. The summed E-state index contributed by atoms with van der Waals surface area (Å²) in [5, 5.41) is 11.1. The number of β-amino-alcohol motifs (C(OH)–C–C–N with tert-alkyl or cyclic N) is 1. The highest BCUT2D eigenvalue weighted by atomic mass is 16.3. The van der Waals surface area contributed by atoms with Crippen molar-refractivity contribution in [2.45, 2.75) is 76.7 Å². The first-order chi connectivity index (χ1) is 14.9. The molecular formula is C26H38N2O3. The maximum absolute atomic E-state index is 12.9. The van der Waals surface area contributed by atoms with E-state index in [-0.39, 0.29) is 5.91 Å².